The number of ether oxygens (including phenoxy) is 2. The van der Waals surface area contributed by atoms with Gasteiger partial charge in [-0.3, -0.25) is 4.79 Å². The molecule has 0 bridgehead atoms. The van der Waals surface area contributed by atoms with Gasteiger partial charge in [-0.25, -0.2) is 0 Å². The van der Waals surface area contributed by atoms with E-state index in [1.54, 1.807) is 14.0 Å². The van der Waals surface area contributed by atoms with E-state index in [2.05, 4.69) is 12.2 Å². The van der Waals surface area contributed by atoms with Crippen molar-refractivity contribution in [1.82, 2.24) is 0 Å². The SMILES string of the molecule is CO[C@@H]1OC(C)=C(C=O)[C@H]1CC/C=C\CCCO. The molecule has 0 amide bonds. The number of aldehydes is 1. The van der Waals surface area contributed by atoms with Crippen LogP contribution in [-0.2, 0) is 14.3 Å². The molecule has 0 aliphatic carbocycles. The van der Waals surface area contributed by atoms with Gasteiger partial charge >= 0.3 is 0 Å². The van der Waals surface area contributed by atoms with Gasteiger partial charge in [0.15, 0.2) is 0 Å². The minimum absolute atomic E-state index is 0.0231. The molecule has 0 spiro atoms. The Morgan fingerprint density at radius 2 is 2.11 bits per heavy atom. The van der Waals surface area contributed by atoms with E-state index >= 15 is 0 Å². The van der Waals surface area contributed by atoms with Crippen molar-refractivity contribution in [2.45, 2.75) is 38.9 Å². The molecule has 1 N–H and O–H groups in total. The largest absolute Gasteiger partial charge is 0.469 e. The zero-order valence-corrected chi connectivity index (χ0v) is 11.1. The maximum Gasteiger partial charge on any atom is 0.206 e. The van der Waals surface area contributed by atoms with Gasteiger partial charge in [0.2, 0.25) is 6.29 Å². The molecule has 0 saturated heterocycles. The molecule has 0 aromatic carbocycles. The van der Waals surface area contributed by atoms with E-state index < -0.39 is 0 Å². The molecular weight excluding hydrogens is 232 g/mol. The van der Waals surface area contributed by atoms with E-state index in [1.165, 1.54) is 0 Å². The Morgan fingerprint density at radius 1 is 1.39 bits per heavy atom. The van der Waals surface area contributed by atoms with Crippen LogP contribution in [0.2, 0.25) is 0 Å². The first-order valence-corrected chi connectivity index (χ1v) is 6.35. The zero-order chi connectivity index (χ0) is 13.4. The van der Waals surface area contributed by atoms with Gasteiger partial charge in [-0.2, -0.15) is 0 Å². The van der Waals surface area contributed by atoms with Crippen molar-refractivity contribution in [2.24, 2.45) is 5.92 Å². The van der Waals surface area contributed by atoms with Crippen LogP contribution in [0.4, 0.5) is 0 Å². The summed E-state index contributed by atoms with van der Waals surface area (Å²) in [6, 6.07) is 0. The molecule has 1 rings (SSSR count). The Kier molecular flexibility index (Phi) is 6.68. The third-order valence-corrected chi connectivity index (χ3v) is 3.13. The number of aliphatic hydroxyl groups is 1. The van der Waals surface area contributed by atoms with Crippen LogP contribution in [0.15, 0.2) is 23.5 Å². The molecule has 1 heterocycles. The predicted molar refractivity (Wildman–Crippen MR) is 68.8 cm³/mol. The standard InChI is InChI=1S/C14H22O4/c1-11-13(10-16)12(14(17-2)18-11)8-6-4-3-5-7-9-15/h3-4,10,12,14-15H,5-9H2,1-2H3/b4-3-/t12-,14-/m1/s1. The molecule has 1 aliphatic heterocycles. The summed E-state index contributed by atoms with van der Waals surface area (Å²) in [5.74, 6) is 0.695. The van der Waals surface area contributed by atoms with Crippen LogP contribution in [0.1, 0.15) is 32.6 Å². The van der Waals surface area contributed by atoms with Crippen LogP contribution in [0, 0.1) is 5.92 Å². The van der Waals surface area contributed by atoms with E-state index in [0.717, 1.165) is 32.0 Å². The second-order valence-electron chi connectivity index (χ2n) is 4.37. The molecule has 0 aromatic rings. The molecule has 0 radical (unpaired) electrons. The summed E-state index contributed by atoms with van der Waals surface area (Å²) in [6.45, 7) is 2.02. The molecule has 0 unspecified atom stereocenters. The third-order valence-electron chi connectivity index (χ3n) is 3.13. The molecular formula is C14H22O4. The summed E-state index contributed by atoms with van der Waals surface area (Å²) in [6.07, 6.45) is 8.07. The normalized spacial score (nSPS) is 23.7. The molecule has 2 atom stereocenters. The Bertz CT molecular complexity index is 320. The van der Waals surface area contributed by atoms with Crippen LogP contribution in [-0.4, -0.2) is 31.4 Å². The summed E-state index contributed by atoms with van der Waals surface area (Å²) >= 11 is 0. The first-order valence-electron chi connectivity index (χ1n) is 6.35. The summed E-state index contributed by atoms with van der Waals surface area (Å²) < 4.78 is 10.7. The lowest BCUT2D eigenvalue weighted by molar-refractivity contribution is -0.109. The van der Waals surface area contributed by atoms with Crippen molar-refractivity contribution >= 4 is 6.29 Å². The summed E-state index contributed by atoms with van der Waals surface area (Å²) in [5, 5.41) is 8.65. The van der Waals surface area contributed by atoms with E-state index in [4.69, 9.17) is 14.6 Å². The van der Waals surface area contributed by atoms with Gasteiger partial charge in [-0.15, -0.1) is 0 Å². The lowest BCUT2D eigenvalue weighted by atomic mass is 9.95. The molecule has 4 nitrogen and oxygen atoms in total. The van der Waals surface area contributed by atoms with Crippen LogP contribution >= 0.6 is 0 Å². The summed E-state index contributed by atoms with van der Waals surface area (Å²) in [5.41, 5.74) is 0.714. The fourth-order valence-corrected chi connectivity index (χ4v) is 2.13. The van der Waals surface area contributed by atoms with E-state index in [9.17, 15) is 4.79 Å². The number of methoxy groups -OCH3 is 1. The first kappa shape index (κ1) is 14.9. The van der Waals surface area contributed by atoms with Gasteiger partial charge in [-0.05, 0) is 32.6 Å². The highest BCUT2D eigenvalue weighted by Crippen LogP contribution is 2.33. The second-order valence-corrected chi connectivity index (χ2v) is 4.37. The maximum atomic E-state index is 11.0. The highest BCUT2D eigenvalue weighted by molar-refractivity contribution is 5.75. The topological polar surface area (TPSA) is 55.8 Å². The van der Waals surface area contributed by atoms with E-state index in [-0.39, 0.29) is 18.8 Å². The van der Waals surface area contributed by atoms with Crippen LogP contribution in [0.3, 0.4) is 0 Å². The predicted octanol–water partition coefficient (Wildman–Crippen LogP) is 2.19. The molecule has 0 fully saturated rings. The maximum absolute atomic E-state index is 11.0. The van der Waals surface area contributed by atoms with Crippen molar-refractivity contribution < 1.29 is 19.4 Å². The minimum Gasteiger partial charge on any atom is -0.469 e. The minimum atomic E-state index is -0.337. The number of carbonyl (C=O) groups excluding carboxylic acids is 1. The van der Waals surface area contributed by atoms with Gasteiger partial charge in [0.05, 0.1) is 5.92 Å². The van der Waals surface area contributed by atoms with Crippen molar-refractivity contribution in [2.75, 3.05) is 13.7 Å². The van der Waals surface area contributed by atoms with Crippen molar-refractivity contribution in [3.8, 4) is 0 Å². The molecule has 18 heavy (non-hydrogen) atoms. The van der Waals surface area contributed by atoms with Gasteiger partial charge in [0, 0.05) is 19.3 Å². The molecule has 102 valence electrons. The van der Waals surface area contributed by atoms with Gasteiger partial charge in [-0.1, -0.05) is 12.2 Å². The Hall–Kier alpha value is -1.13. The molecule has 0 saturated carbocycles. The number of carbonyl (C=O) groups is 1. The Morgan fingerprint density at radius 3 is 2.72 bits per heavy atom. The van der Waals surface area contributed by atoms with Crippen LogP contribution in [0.25, 0.3) is 0 Å². The summed E-state index contributed by atoms with van der Waals surface area (Å²) in [4.78, 5) is 11.0. The van der Waals surface area contributed by atoms with Crippen molar-refractivity contribution in [1.29, 1.82) is 0 Å². The van der Waals surface area contributed by atoms with Gasteiger partial charge in [0.25, 0.3) is 0 Å². The second kappa shape index (κ2) is 8.06. The van der Waals surface area contributed by atoms with Crippen molar-refractivity contribution in [3.05, 3.63) is 23.5 Å². The van der Waals surface area contributed by atoms with Crippen LogP contribution < -0.4 is 0 Å². The smallest absolute Gasteiger partial charge is 0.206 e. The molecule has 4 heteroatoms. The number of rotatable bonds is 8. The molecule has 0 aromatic heterocycles. The number of allylic oxidation sites excluding steroid dienone is 3. The number of unbranched alkanes of at least 4 members (excludes halogenated alkanes) is 1. The van der Waals surface area contributed by atoms with E-state index in [1.807, 2.05) is 0 Å². The zero-order valence-electron chi connectivity index (χ0n) is 11.1. The van der Waals surface area contributed by atoms with Crippen LogP contribution in [0.5, 0.6) is 0 Å². The highest BCUT2D eigenvalue weighted by atomic mass is 16.7. The number of hydrogen-bond acceptors (Lipinski definition) is 4. The Labute approximate surface area is 108 Å². The van der Waals surface area contributed by atoms with E-state index in [0.29, 0.717) is 11.3 Å². The van der Waals surface area contributed by atoms with Crippen molar-refractivity contribution in [3.63, 3.8) is 0 Å². The molecule has 1 aliphatic rings. The average molecular weight is 254 g/mol. The number of hydrogen-bond donors (Lipinski definition) is 1. The number of aliphatic hydroxyl groups excluding tert-OH is 1. The summed E-state index contributed by atoms with van der Waals surface area (Å²) in [7, 11) is 1.59. The highest BCUT2D eigenvalue weighted by Gasteiger charge is 2.34. The first-order chi connectivity index (χ1) is 8.74. The monoisotopic (exact) mass is 254 g/mol. The third kappa shape index (κ3) is 3.96. The lowest BCUT2D eigenvalue weighted by Gasteiger charge is -2.17. The quantitative estimate of drug-likeness (QED) is 0.410. The average Bonchev–Trinajstić information content (AvgIpc) is 2.69. The fourth-order valence-electron chi connectivity index (χ4n) is 2.13. The van der Waals surface area contributed by atoms with Gasteiger partial charge in [0.1, 0.15) is 12.0 Å². The fraction of sp³-hybridized carbons (Fsp3) is 0.643. The lowest BCUT2D eigenvalue weighted by Crippen LogP contribution is -2.21. The van der Waals surface area contributed by atoms with Gasteiger partial charge < -0.3 is 14.6 Å². The Balaban J connectivity index is 2.43.